The minimum Gasteiger partial charge on any atom is -0.297 e. The van der Waals surface area contributed by atoms with Gasteiger partial charge in [-0.3, -0.25) is 4.90 Å². The van der Waals surface area contributed by atoms with E-state index in [2.05, 4.69) is 62.7 Å². The Hall–Kier alpha value is -0.120. The molecule has 0 heterocycles. The smallest absolute Gasteiger partial charge is 0.0411 e. The molecule has 1 aromatic carbocycles. The molecule has 0 aromatic heterocycles. The van der Waals surface area contributed by atoms with Crippen LogP contribution in [0.3, 0.4) is 0 Å². The lowest BCUT2D eigenvalue weighted by atomic mass is 10.1. The first kappa shape index (κ1) is 13.9. The zero-order valence-corrected chi connectivity index (χ0v) is 12.0. The van der Waals surface area contributed by atoms with Crippen LogP contribution in [0.1, 0.15) is 19.4 Å². The van der Waals surface area contributed by atoms with Crippen LogP contribution >= 0.6 is 24.4 Å². The standard InChI is InChI=1S/C13H21NS2/c1-11(2)16-13-6-4-12(5-7-13)8-9-14(3)10-15/h4-7,11,15H,8-10H2,1-3H3. The molecule has 3 heteroatoms. The number of hydrogen-bond donors (Lipinski definition) is 1. The van der Waals surface area contributed by atoms with Gasteiger partial charge in [0.1, 0.15) is 0 Å². The zero-order valence-electron chi connectivity index (χ0n) is 10.3. The molecular weight excluding hydrogens is 234 g/mol. The molecule has 1 rings (SSSR count). The third-order valence-corrected chi connectivity index (χ3v) is 3.82. The molecule has 90 valence electrons. The van der Waals surface area contributed by atoms with Crippen LogP contribution in [0.2, 0.25) is 0 Å². The van der Waals surface area contributed by atoms with Crippen molar-refractivity contribution in [3.05, 3.63) is 29.8 Å². The molecule has 0 fully saturated rings. The van der Waals surface area contributed by atoms with Gasteiger partial charge in [0.2, 0.25) is 0 Å². The van der Waals surface area contributed by atoms with Crippen LogP contribution in [-0.4, -0.2) is 29.6 Å². The molecule has 16 heavy (non-hydrogen) atoms. The molecule has 0 unspecified atom stereocenters. The molecule has 0 aliphatic heterocycles. The van der Waals surface area contributed by atoms with Crippen molar-refractivity contribution in [2.45, 2.75) is 30.4 Å². The van der Waals surface area contributed by atoms with E-state index >= 15 is 0 Å². The zero-order chi connectivity index (χ0) is 12.0. The molecule has 0 N–H and O–H groups in total. The predicted molar refractivity (Wildman–Crippen MR) is 77.6 cm³/mol. The van der Waals surface area contributed by atoms with Gasteiger partial charge in [-0.2, -0.15) is 12.6 Å². The van der Waals surface area contributed by atoms with E-state index in [0.29, 0.717) is 5.25 Å². The second-order valence-corrected chi connectivity index (χ2v) is 6.21. The van der Waals surface area contributed by atoms with Crippen molar-refractivity contribution in [2.75, 3.05) is 19.5 Å². The summed E-state index contributed by atoms with van der Waals surface area (Å²) in [4.78, 5) is 3.57. The van der Waals surface area contributed by atoms with E-state index in [9.17, 15) is 0 Å². The Morgan fingerprint density at radius 3 is 2.38 bits per heavy atom. The van der Waals surface area contributed by atoms with Gasteiger partial charge < -0.3 is 0 Å². The van der Waals surface area contributed by atoms with Crippen molar-refractivity contribution in [1.82, 2.24) is 4.90 Å². The third kappa shape index (κ3) is 5.28. The van der Waals surface area contributed by atoms with Gasteiger partial charge in [0.15, 0.2) is 0 Å². The van der Waals surface area contributed by atoms with Gasteiger partial charge in [0.25, 0.3) is 0 Å². The summed E-state index contributed by atoms with van der Waals surface area (Å²) in [5, 5.41) is 0.654. The third-order valence-electron chi connectivity index (χ3n) is 2.32. The van der Waals surface area contributed by atoms with Gasteiger partial charge in [-0.25, -0.2) is 0 Å². The fourth-order valence-electron chi connectivity index (χ4n) is 1.40. The topological polar surface area (TPSA) is 3.24 Å². The lowest BCUT2D eigenvalue weighted by Gasteiger charge is -2.13. The molecule has 0 atom stereocenters. The molecule has 1 nitrogen and oxygen atoms in total. The van der Waals surface area contributed by atoms with Crippen LogP contribution in [0.15, 0.2) is 29.2 Å². The molecule has 0 spiro atoms. The van der Waals surface area contributed by atoms with Crippen molar-refractivity contribution in [2.24, 2.45) is 0 Å². The Kier molecular flexibility index (Phi) is 6.32. The van der Waals surface area contributed by atoms with Crippen molar-refractivity contribution in [3.63, 3.8) is 0 Å². The van der Waals surface area contributed by atoms with Crippen LogP contribution in [0.4, 0.5) is 0 Å². The Labute approximate surface area is 109 Å². The van der Waals surface area contributed by atoms with E-state index < -0.39 is 0 Å². The van der Waals surface area contributed by atoms with E-state index in [1.54, 1.807) is 0 Å². The Morgan fingerprint density at radius 1 is 1.25 bits per heavy atom. The van der Waals surface area contributed by atoms with Crippen LogP contribution in [0.25, 0.3) is 0 Å². The van der Waals surface area contributed by atoms with Crippen molar-refractivity contribution >= 4 is 24.4 Å². The molecule has 0 aliphatic carbocycles. The highest BCUT2D eigenvalue weighted by molar-refractivity contribution is 7.99. The van der Waals surface area contributed by atoms with Crippen LogP contribution < -0.4 is 0 Å². The first-order valence-electron chi connectivity index (χ1n) is 5.67. The highest BCUT2D eigenvalue weighted by Gasteiger charge is 2.00. The average molecular weight is 255 g/mol. The minimum absolute atomic E-state index is 0.654. The maximum atomic E-state index is 4.24. The average Bonchev–Trinajstić information content (AvgIpc) is 2.27. The molecule has 0 saturated carbocycles. The van der Waals surface area contributed by atoms with Crippen LogP contribution in [0.5, 0.6) is 0 Å². The Bertz CT molecular complexity index is 295. The predicted octanol–water partition coefficient (Wildman–Crippen LogP) is 3.55. The first-order chi connectivity index (χ1) is 7.61. The molecule has 1 aromatic rings. The van der Waals surface area contributed by atoms with Crippen molar-refractivity contribution < 1.29 is 0 Å². The summed E-state index contributed by atoms with van der Waals surface area (Å²) in [6.07, 6.45) is 1.10. The van der Waals surface area contributed by atoms with Crippen molar-refractivity contribution in [1.29, 1.82) is 0 Å². The normalized spacial score (nSPS) is 11.4. The second-order valence-electron chi connectivity index (χ2n) is 4.28. The number of thioether (sulfide) groups is 1. The van der Waals surface area contributed by atoms with Crippen LogP contribution in [0, 0.1) is 0 Å². The number of rotatable bonds is 6. The highest BCUT2D eigenvalue weighted by atomic mass is 32.2. The number of nitrogens with zero attached hydrogens (tertiary/aromatic N) is 1. The van der Waals surface area contributed by atoms with Gasteiger partial charge in [-0.05, 0) is 31.2 Å². The minimum atomic E-state index is 0.654. The first-order valence-corrected chi connectivity index (χ1v) is 7.18. The summed E-state index contributed by atoms with van der Waals surface area (Å²) >= 11 is 6.15. The number of likely N-dealkylation sites (N-methyl/N-ethyl adjacent to an activating group) is 1. The summed E-state index contributed by atoms with van der Waals surface area (Å²) in [6.45, 7) is 5.51. The van der Waals surface area contributed by atoms with E-state index in [1.165, 1.54) is 10.5 Å². The van der Waals surface area contributed by atoms with Gasteiger partial charge in [-0.15, -0.1) is 11.8 Å². The number of hydrogen-bond acceptors (Lipinski definition) is 3. The van der Waals surface area contributed by atoms with Gasteiger partial charge in [-0.1, -0.05) is 26.0 Å². The highest BCUT2D eigenvalue weighted by Crippen LogP contribution is 2.22. The summed E-state index contributed by atoms with van der Waals surface area (Å²) in [5.74, 6) is 0.821. The number of benzene rings is 1. The summed E-state index contributed by atoms with van der Waals surface area (Å²) in [5.41, 5.74) is 1.40. The Morgan fingerprint density at radius 2 is 1.88 bits per heavy atom. The molecule has 0 amide bonds. The molecule has 0 bridgehead atoms. The maximum Gasteiger partial charge on any atom is 0.0411 e. The molecule has 0 aliphatic rings. The molecule has 0 saturated heterocycles. The second kappa shape index (κ2) is 7.25. The van der Waals surface area contributed by atoms with E-state index in [4.69, 9.17) is 0 Å². The quantitative estimate of drug-likeness (QED) is 0.470. The largest absolute Gasteiger partial charge is 0.297 e. The van der Waals surface area contributed by atoms with E-state index in [-0.39, 0.29) is 0 Å². The molecular formula is C13H21NS2. The van der Waals surface area contributed by atoms with E-state index in [1.807, 2.05) is 11.8 Å². The summed E-state index contributed by atoms with van der Waals surface area (Å²) < 4.78 is 0. The lowest BCUT2D eigenvalue weighted by Crippen LogP contribution is -2.19. The van der Waals surface area contributed by atoms with Crippen molar-refractivity contribution in [3.8, 4) is 0 Å². The maximum absolute atomic E-state index is 4.24. The SMILES string of the molecule is CC(C)Sc1ccc(CCN(C)CS)cc1. The number of thiol groups is 1. The molecule has 0 radical (unpaired) electrons. The van der Waals surface area contributed by atoms with Crippen LogP contribution in [-0.2, 0) is 6.42 Å². The van der Waals surface area contributed by atoms with E-state index in [0.717, 1.165) is 18.8 Å². The Balaban J connectivity index is 2.45. The summed E-state index contributed by atoms with van der Waals surface area (Å²) in [6, 6.07) is 8.91. The fourth-order valence-corrected chi connectivity index (χ4v) is 2.38. The lowest BCUT2D eigenvalue weighted by molar-refractivity contribution is 0.399. The van der Waals surface area contributed by atoms with Gasteiger partial charge in [0.05, 0.1) is 0 Å². The van der Waals surface area contributed by atoms with Gasteiger partial charge >= 0.3 is 0 Å². The monoisotopic (exact) mass is 255 g/mol. The van der Waals surface area contributed by atoms with Gasteiger partial charge in [0, 0.05) is 22.6 Å². The fraction of sp³-hybridized carbons (Fsp3) is 0.538. The summed E-state index contributed by atoms with van der Waals surface area (Å²) in [7, 11) is 2.09.